The number of halogens is 2. The second-order valence-corrected chi connectivity index (χ2v) is 4.64. The van der Waals surface area contributed by atoms with E-state index in [1.165, 1.54) is 12.0 Å². The van der Waals surface area contributed by atoms with Crippen LogP contribution in [0.1, 0.15) is 13.3 Å². The normalized spacial score (nSPS) is 35.8. The smallest absolute Gasteiger partial charge is 0.290 e. The molecular weight excluding hydrogens is 246 g/mol. The molecule has 8 heteroatoms. The molecule has 2 fully saturated rings. The van der Waals surface area contributed by atoms with Gasteiger partial charge in [-0.1, -0.05) is 0 Å². The first-order valence-corrected chi connectivity index (χ1v) is 5.90. The molecule has 2 aliphatic heterocycles. The zero-order valence-electron chi connectivity index (χ0n) is 10.4. The van der Waals surface area contributed by atoms with Crippen LogP contribution in [0.25, 0.3) is 0 Å². The Morgan fingerprint density at radius 2 is 2.17 bits per heavy atom. The zero-order valence-corrected chi connectivity index (χ0v) is 10.4. The van der Waals surface area contributed by atoms with E-state index < -0.39 is 24.7 Å². The minimum Gasteiger partial charge on any atom is -0.375 e. The van der Waals surface area contributed by atoms with E-state index in [1.807, 2.05) is 6.92 Å². The average molecular weight is 264 g/mol. The Morgan fingerprint density at radius 3 is 2.67 bits per heavy atom. The summed E-state index contributed by atoms with van der Waals surface area (Å²) in [4.78, 5) is 13.2. The Hall–Kier alpha value is -0.830. The third kappa shape index (κ3) is 2.61. The van der Waals surface area contributed by atoms with Gasteiger partial charge in [-0.05, 0) is 13.3 Å². The largest absolute Gasteiger partial charge is 0.375 e. The van der Waals surface area contributed by atoms with Crippen LogP contribution in [0.2, 0.25) is 0 Å². The van der Waals surface area contributed by atoms with Gasteiger partial charge in [0.1, 0.15) is 6.10 Å². The molecule has 0 spiro atoms. The second kappa shape index (κ2) is 5.04. The molecule has 2 rings (SSSR count). The number of methoxy groups -OCH3 is 1. The molecule has 0 radical (unpaired) electrons. The number of hydrogen-bond donors (Lipinski definition) is 3. The number of ether oxygens (including phenoxy) is 1. The molecule has 0 aromatic heterocycles. The van der Waals surface area contributed by atoms with E-state index in [1.54, 1.807) is 0 Å². The van der Waals surface area contributed by atoms with Crippen molar-refractivity contribution in [2.75, 3.05) is 20.2 Å². The third-order valence-electron chi connectivity index (χ3n) is 3.24. The van der Waals surface area contributed by atoms with Gasteiger partial charge in [-0.25, -0.2) is 19.6 Å². The van der Waals surface area contributed by atoms with Gasteiger partial charge in [0, 0.05) is 13.7 Å². The van der Waals surface area contributed by atoms with Gasteiger partial charge in [0.25, 0.3) is 11.8 Å². The van der Waals surface area contributed by atoms with Crippen molar-refractivity contribution in [1.29, 1.82) is 0 Å². The Balaban J connectivity index is 1.96. The van der Waals surface area contributed by atoms with E-state index in [9.17, 15) is 13.6 Å². The third-order valence-corrected chi connectivity index (χ3v) is 3.24. The van der Waals surface area contributed by atoms with E-state index >= 15 is 0 Å². The van der Waals surface area contributed by atoms with Crippen molar-refractivity contribution in [3.8, 4) is 0 Å². The van der Waals surface area contributed by atoms with Crippen LogP contribution in [0.5, 0.6) is 0 Å². The SMILES string of the molecule is CO[C@H]1CCN(C(=O)C2NNC(C)N2)CC1(F)F. The predicted molar refractivity (Wildman–Crippen MR) is 59.6 cm³/mol. The lowest BCUT2D eigenvalue weighted by atomic mass is 10.0. The van der Waals surface area contributed by atoms with Gasteiger partial charge in [0.2, 0.25) is 0 Å². The van der Waals surface area contributed by atoms with E-state index in [2.05, 4.69) is 16.2 Å². The van der Waals surface area contributed by atoms with E-state index in [0.29, 0.717) is 0 Å². The topological polar surface area (TPSA) is 65.6 Å². The van der Waals surface area contributed by atoms with Crippen LogP contribution in [0, 0.1) is 0 Å². The summed E-state index contributed by atoms with van der Waals surface area (Å²) in [7, 11) is 1.27. The first-order chi connectivity index (χ1) is 8.44. The molecule has 2 saturated heterocycles. The maximum absolute atomic E-state index is 13.7. The van der Waals surface area contributed by atoms with E-state index in [4.69, 9.17) is 4.74 Å². The fraction of sp³-hybridized carbons (Fsp3) is 0.900. The molecule has 1 amide bonds. The van der Waals surface area contributed by atoms with Gasteiger partial charge in [0.05, 0.1) is 12.7 Å². The molecule has 0 bridgehead atoms. The Morgan fingerprint density at radius 1 is 1.44 bits per heavy atom. The van der Waals surface area contributed by atoms with Crippen molar-refractivity contribution in [3.05, 3.63) is 0 Å². The minimum atomic E-state index is -3.00. The lowest BCUT2D eigenvalue weighted by Gasteiger charge is -2.38. The van der Waals surface area contributed by atoms with Crippen molar-refractivity contribution >= 4 is 5.91 Å². The Kier molecular flexibility index (Phi) is 3.81. The molecule has 2 unspecified atom stereocenters. The average Bonchev–Trinajstić information content (AvgIpc) is 2.73. The van der Waals surface area contributed by atoms with Gasteiger partial charge in [-0.2, -0.15) is 0 Å². The number of nitrogens with zero attached hydrogens (tertiary/aromatic N) is 1. The summed E-state index contributed by atoms with van der Waals surface area (Å²) in [6, 6.07) is 0. The summed E-state index contributed by atoms with van der Waals surface area (Å²) in [5.41, 5.74) is 5.54. The molecule has 0 aromatic carbocycles. The Labute approximate surface area is 104 Å². The maximum atomic E-state index is 13.7. The monoisotopic (exact) mass is 264 g/mol. The maximum Gasteiger partial charge on any atom is 0.290 e. The van der Waals surface area contributed by atoms with Crippen LogP contribution < -0.4 is 16.2 Å². The van der Waals surface area contributed by atoms with E-state index in [0.717, 1.165) is 0 Å². The van der Waals surface area contributed by atoms with Crippen molar-refractivity contribution in [1.82, 2.24) is 21.1 Å². The molecular formula is C10H18F2N4O2. The van der Waals surface area contributed by atoms with Crippen LogP contribution in [-0.4, -0.2) is 55.4 Å². The van der Waals surface area contributed by atoms with Crippen molar-refractivity contribution in [2.45, 2.75) is 37.7 Å². The number of likely N-dealkylation sites (tertiary alicyclic amines) is 1. The number of rotatable bonds is 2. The van der Waals surface area contributed by atoms with Gasteiger partial charge in [0.15, 0.2) is 6.17 Å². The molecule has 3 atom stereocenters. The van der Waals surface area contributed by atoms with Crippen LogP contribution in [0.15, 0.2) is 0 Å². The van der Waals surface area contributed by atoms with Crippen molar-refractivity contribution < 1.29 is 18.3 Å². The lowest BCUT2D eigenvalue weighted by molar-refractivity contribution is -0.173. The molecule has 3 N–H and O–H groups in total. The minimum absolute atomic E-state index is 0.0732. The van der Waals surface area contributed by atoms with Crippen LogP contribution in [-0.2, 0) is 9.53 Å². The summed E-state index contributed by atoms with van der Waals surface area (Å²) in [6.45, 7) is 1.51. The van der Waals surface area contributed by atoms with E-state index in [-0.39, 0.29) is 25.0 Å². The number of carbonyl (C=O) groups is 1. The number of hydrogen-bond acceptors (Lipinski definition) is 5. The molecule has 2 aliphatic rings. The summed E-state index contributed by atoms with van der Waals surface area (Å²) < 4.78 is 32.1. The molecule has 0 aliphatic carbocycles. The number of carbonyl (C=O) groups excluding carboxylic acids is 1. The van der Waals surface area contributed by atoms with Gasteiger partial charge in [-0.15, -0.1) is 0 Å². The fourth-order valence-corrected chi connectivity index (χ4v) is 2.26. The highest BCUT2D eigenvalue weighted by Crippen LogP contribution is 2.29. The molecule has 104 valence electrons. The van der Waals surface area contributed by atoms with Gasteiger partial charge >= 0.3 is 0 Å². The first-order valence-electron chi connectivity index (χ1n) is 5.90. The second-order valence-electron chi connectivity index (χ2n) is 4.64. The van der Waals surface area contributed by atoms with Crippen molar-refractivity contribution in [2.24, 2.45) is 0 Å². The predicted octanol–water partition coefficient (Wildman–Crippen LogP) is -0.761. The summed E-state index contributed by atoms with van der Waals surface area (Å²) >= 11 is 0. The summed E-state index contributed by atoms with van der Waals surface area (Å²) in [5, 5.41) is 2.91. The van der Waals surface area contributed by atoms with Crippen LogP contribution in [0.3, 0.4) is 0 Å². The number of piperidine rings is 1. The molecule has 0 saturated carbocycles. The van der Waals surface area contributed by atoms with Gasteiger partial charge < -0.3 is 9.64 Å². The highest BCUT2D eigenvalue weighted by atomic mass is 19.3. The van der Waals surface area contributed by atoms with Crippen LogP contribution in [0.4, 0.5) is 8.78 Å². The molecule has 0 aromatic rings. The summed E-state index contributed by atoms with van der Waals surface area (Å²) in [6.07, 6.45) is -1.70. The number of amides is 1. The highest BCUT2D eigenvalue weighted by molar-refractivity contribution is 5.82. The number of nitrogens with one attached hydrogen (secondary N) is 3. The van der Waals surface area contributed by atoms with Crippen molar-refractivity contribution in [3.63, 3.8) is 0 Å². The fourth-order valence-electron chi connectivity index (χ4n) is 2.26. The first kappa shape index (κ1) is 13.6. The lowest BCUT2D eigenvalue weighted by Crippen LogP contribution is -2.58. The van der Waals surface area contributed by atoms with Gasteiger partial charge in [-0.3, -0.25) is 10.1 Å². The summed E-state index contributed by atoms with van der Waals surface area (Å²) in [5.74, 6) is -3.37. The zero-order chi connectivity index (χ0) is 13.3. The van der Waals surface area contributed by atoms with Crippen LogP contribution >= 0.6 is 0 Å². The highest BCUT2D eigenvalue weighted by Gasteiger charge is 2.47. The Bertz CT molecular complexity index is 329. The molecule has 2 heterocycles. The number of hydrazine groups is 1. The quantitative estimate of drug-likeness (QED) is 0.612. The molecule has 6 nitrogen and oxygen atoms in total. The molecule has 18 heavy (non-hydrogen) atoms. The standard InChI is InChI=1S/C10H18F2N4O2/c1-6-13-8(15-14-6)9(17)16-4-3-7(18-2)10(11,12)5-16/h6-8,13-15H,3-5H2,1-2H3/t6?,7-,8?/m0/s1. The number of alkyl halides is 2.